The summed E-state index contributed by atoms with van der Waals surface area (Å²) in [4.78, 5) is 49.0. The summed E-state index contributed by atoms with van der Waals surface area (Å²) in [7, 11) is 0. The van der Waals surface area contributed by atoms with E-state index in [1.54, 1.807) is 0 Å². The van der Waals surface area contributed by atoms with Crippen LogP contribution in [0.5, 0.6) is 0 Å². The molecular formula is C38H74N6O6. The summed E-state index contributed by atoms with van der Waals surface area (Å²) < 4.78 is 10.7. The lowest BCUT2D eigenvalue weighted by Crippen LogP contribution is -2.56. The number of rotatable bonds is 28. The van der Waals surface area contributed by atoms with E-state index >= 15 is 0 Å². The highest BCUT2D eigenvalue weighted by Gasteiger charge is 2.27. The molecule has 0 saturated heterocycles. The first-order chi connectivity index (χ1) is 24.3. The maximum Gasteiger partial charge on any atom is 0.407 e. The minimum absolute atomic E-state index is 0.0945. The molecule has 292 valence electrons. The highest BCUT2D eigenvalue weighted by molar-refractivity contribution is 5.76. The Hall–Kier alpha value is -2.92. The number of ether oxygens (including phenoxy) is 2. The predicted molar refractivity (Wildman–Crippen MR) is 201 cm³/mol. The number of unbranched alkanes of at least 4 members (excludes halogenated alkanes) is 8. The summed E-state index contributed by atoms with van der Waals surface area (Å²) in [6.07, 6.45) is 19.3. The first-order valence-corrected chi connectivity index (χ1v) is 20.2. The molecule has 50 heavy (non-hydrogen) atoms. The van der Waals surface area contributed by atoms with Crippen molar-refractivity contribution in [2.45, 2.75) is 168 Å². The van der Waals surface area contributed by atoms with Crippen LogP contribution < -0.4 is 31.9 Å². The van der Waals surface area contributed by atoms with E-state index < -0.39 is 0 Å². The Morgan fingerprint density at radius 3 is 1.22 bits per heavy atom. The zero-order chi connectivity index (χ0) is 36.7. The second kappa shape index (κ2) is 30.9. The average Bonchev–Trinajstić information content (AvgIpc) is 3.11. The molecule has 1 rings (SSSR count). The summed E-state index contributed by atoms with van der Waals surface area (Å²) in [5, 5.41) is 17.7. The Labute approximate surface area is 303 Å². The third kappa shape index (κ3) is 24.3. The first-order valence-electron chi connectivity index (χ1n) is 20.2. The van der Waals surface area contributed by atoms with Gasteiger partial charge in [0.1, 0.15) is 0 Å². The van der Waals surface area contributed by atoms with Crippen LogP contribution in [0, 0.1) is 11.8 Å². The van der Waals surface area contributed by atoms with Gasteiger partial charge >= 0.3 is 24.2 Å². The molecule has 1 saturated carbocycles. The van der Waals surface area contributed by atoms with Crippen LogP contribution >= 0.6 is 0 Å². The molecule has 0 radical (unpaired) electrons. The van der Waals surface area contributed by atoms with Crippen molar-refractivity contribution in [2.75, 3.05) is 39.4 Å². The highest BCUT2D eigenvalue weighted by atomic mass is 16.6. The lowest BCUT2D eigenvalue weighted by atomic mass is 9.90. The highest BCUT2D eigenvalue weighted by Crippen LogP contribution is 2.19. The molecular weight excluding hydrogens is 636 g/mol. The van der Waals surface area contributed by atoms with Crippen molar-refractivity contribution in [3.63, 3.8) is 0 Å². The van der Waals surface area contributed by atoms with Crippen LogP contribution in [0.4, 0.5) is 19.2 Å². The first kappa shape index (κ1) is 45.1. The predicted octanol–water partition coefficient (Wildman–Crippen LogP) is 7.90. The van der Waals surface area contributed by atoms with Gasteiger partial charge in [-0.3, -0.25) is 0 Å². The van der Waals surface area contributed by atoms with E-state index in [1.807, 2.05) is 0 Å². The van der Waals surface area contributed by atoms with Gasteiger partial charge in [-0.15, -0.1) is 0 Å². The monoisotopic (exact) mass is 711 g/mol. The van der Waals surface area contributed by atoms with E-state index in [4.69, 9.17) is 9.47 Å². The number of carbonyl (C=O) groups excluding carboxylic acids is 4. The number of urea groups is 2. The van der Waals surface area contributed by atoms with Crippen molar-refractivity contribution < 1.29 is 28.7 Å². The molecule has 4 atom stereocenters. The summed E-state index contributed by atoms with van der Waals surface area (Å²) in [6, 6.07) is -0.582. The lowest BCUT2D eigenvalue weighted by molar-refractivity contribution is 0.122. The molecule has 0 aromatic carbocycles. The van der Waals surface area contributed by atoms with Crippen LogP contribution in [0.25, 0.3) is 0 Å². The third-order valence-electron chi connectivity index (χ3n) is 9.70. The SMILES string of the molecule is CCCCC(CC)COC(=O)NCCCCCCNC(=O)N[C@@H]1CCCC[C@H]1NC(=O)NCCCCCCNC(=O)OCC(CC)CCCC. The standard InChI is InChI=1S/C38H74N6O6/c1-5-9-21-31(7-3)29-49-37(47)41-27-19-13-11-17-25-39-35(45)43-33-23-15-16-24-34(33)44-36(46)40-26-18-12-14-20-28-42-38(48)50-30-32(8-4)22-10-6-2/h31-34H,5-30H2,1-4H3,(H,41,47)(H,42,48)(H2,39,43,45)(H2,40,44,46)/t31?,32?,33-,34-/m1/s1. The summed E-state index contributed by atoms with van der Waals surface area (Å²) in [5.74, 6) is 0.881. The minimum atomic E-state index is -0.332. The minimum Gasteiger partial charge on any atom is -0.449 e. The van der Waals surface area contributed by atoms with Crippen LogP contribution in [0.2, 0.25) is 0 Å². The van der Waals surface area contributed by atoms with Crippen molar-refractivity contribution in [1.82, 2.24) is 31.9 Å². The zero-order valence-electron chi connectivity index (χ0n) is 32.1. The second-order valence-corrected chi connectivity index (χ2v) is 14.0. The van der Waals surface area contributed by atoms with Gasteiger partial charge in [0.15, 0.2) is 0 Å². The van der Waals surface area contributed by atoms with E-state index in [0.29, 0.717) is 51.2 Å². The molecule has 1 aliphatic rings. The molecule has 0 bridgehead atoms. The second-order valence-electron chi connectivity index (χ2n) is 14.0. The molecule has 1 aliphatic carbocycles. The largest absolute Gasteiger partial charge is 0.449 e. The van der Waals surface area contributed by atoms with Crippen LogP contribution in [0.15, 0.2) is 0 Å². The molecule has 0 aromatic heterocycles. The van der Waals surface area contributed by atoms with Crippen LogP contribution in [-0.4, -0.2) is 75.7 Å². The van der Waals surface area contributed by atoms with Gasteiger partial charge in [0, 0.05) is 26.2 Å². The fraction of sp³-hybridized carbons (Fsp3) is 0.895. The van der Waals surface area contributed by atoms with Crippen molar-refractivity contribution in [2.24, 2.45) is 11.8 Å². The fourth-order valence-electron chi connectivity index (χ4n) is 6.19. The van der Waals surface area contributed by atoms with Gasteiger partial charge in [0.05, 0.1) is 25.3 Å². The van der Waals surface area contributed by atoms with E-state index in [2.05, 4.69) is 59.6 Å². The Morgan fingerprint density at radius 2 is 0.880 bits per heavy atom. The molecule has 6 amide bonds. The average molecular weight is 711 g/mol. The number of alkyl carbamates (subject to hydrolysis) is 2. The smallest absolute Gasteiger partial charge is 0.407 e. The van der Waals surface area contributed by atoms with Gasteiger partial charge < -0.3 is 41.4 Å². The summed E-state index contributed by atoms with van der Waals surface area (Å²) in [5.41, 5.74) is 0. The van der Waals surface area contributed by atoms with Crippen LogP contribution in [0.1, 0.15) is 156 Å². The number of nitrogens with one attached hydrogen (secondary N) is 6. The molecule has 2 unspecified atom stereocenters. The van der Waals surface area contributed by atoms with Gasteiger partial charge in [-0.1, -0.05) is 105 Å². The fourth-order valence-corrected chi connectivity index (χ4v) is 6.19. The molecule has 1 fully saturated rings. The zero-order valence-corrected chi connectivity index (χ0v) is 32.1. The van der Waals surface area contributed by atoms with Crippen molar-refractivity contribution in [1.29, 1.82) is 0 Å². The van der Waals surface area contributed by atoms with Gasteiger partial charge in [0.25, 0.3) is 0 Å². The summed E-state index contributed by atoms with van der Waals surface area (Å²) >= 11 is 0. The number of hydrogen-bond acceptors (Lipinski definition) is 6. The van der Waals surface area contributed by atoms with E-state index in [9.17, 15) is 19.2 Å². The van der Waals surface area contributed by atoms with Gasteiger partial charge in [0.2, 0.25) is 0 Å². The van der Waals surface area contributed by atoms with E-state index in [1.165, 1.54) is 12.8 Å². The lowest BCUT2D eigenvalue weighted by Gasteiger charge is -2.32. The van der Waals surface area contributed by atoms with Gasteiger partial charge in [-0.2, -0.15) is 0 Å². The van der Waals surface area contributed by atoms with Crippen LogP contribution in [0.3, 0.4) is 0 Å². The molecule has 6 N–H and O–H groups in total. The van der Waals surface area contributed by atoms with Crippen molar-refractivity contribution in [3.05, 3.63) is 0 Å². The third-order valence-corrected chi connectivity index (χ3v) is 9.70. The number of amides is 6. The molecule has 12 nitrogen and oxygen atoms in total. The Morgan fingerprint density at radius 1 is 0.520 bits per heavy atom. The quantitative estimate of drug-likeness (QED) is 0.0453. The molecule has 0 aliphatic heterocycles. The van der Waals surface area contributed by atoms with E-state index in [0.717, 1.165) is 116 Å². The molecule has 0 aromatic rings. The summed E-state index contributed by atoms with van der Waals surface area (Å²) in [6.45, 7) is 12.0. The molecule has 0 spiro atoms. The number of hydrogen-bond donors (Lipinski definition) is 6. The van der Waals surface area contributed by atoms with Crippen molar-refractivity contribution in [3.8, 4) is 0 Å². The van der Waals surface area contributed by atoms with E-state index in [-0.39, 0.29) is 36.3 Å². The van der Waals surface area contributed by atoms with Crippen LogP contribution in [-0.2, 0) is 9.47 Å². The van der Waals surface area contributed by atoms with Gasteiger partial charge in [-0.25, -0.2) is 19.2 Å². The Balaban J connectivity index is 2.08. The maximum absolute atomic E-state index is 12.6. The molecule has 0 heterocycles. The Bertz CT molecular complexity index is 824. The van der Waals surface area contributed by atoms with Gasteiger partial charge in [-0.05, 0) is 63.2 Å². The topological polar surface area (TPSA) is 159 Å². The maximum atomic E-state index is 12.6. The Kier molecular flexibility index (Phi) is 27.8. The molecule has 12 heteroatoms. The van der Waals surface area contributed by atoms with Crippen molar-refractivity contribution >= 4 is 24.2 Å². The number of carbonyl (C=O) groups is 4. The normalized spacial score (nSPS) is 16.8.